The molecule has 1 aromatic carbocycles. The molecule has 2 rings (SSSR count). The second-order valence-corrected chi connectivity index (χ2v) is 3.40. The molecule has 80 valence electrons. The van der Waals surface area contributed by atoms with Crippen molar-refractivity contribution in [3.8, 4) is 0 Å². The minimum atomic E-state index is -0.270. The fraction of sp³-hybridized carbons (Fsp3) is 0.364. The van der Waals surface area contributed by atoms with Crippen molar-refractivity contribution in [2.24, 2.45) is 0 Å². The number of ether oxygens (including phenoxy) is 1. The van der Waals surface area contributed by atoms with Crippen LogP contribution in [0.1, 0.15) is 6.92 Å². The summed E-state index contributed by atoms with van der Waals surface area (Å²) in [6.45, 7) is 2.83. The fourth-order valence-electron chi connectivity index (χ4n) is 1.50. The Morgan fingerprint density at radius 3 is 2.80 bits per heavy atom. The van der Waals surface area contributed by atoms with Crippen LogP contribution in [-0.2, 0) is 9.53 Å². The maximum atomic E-state index is 12.6. The molecule has 1 atom stereocenters. The van der Waals surface area contributed by atoms with Crippen molar-refractivity contribution in [2.45, 2.75) is 13.0 Å². The molecule has 1 heterocycles. The molecule has 4 heteroatoms. The van der Waals surface area contributed by atoms with Gasteiger partial charge in [-0.3, -0.25) is 0 Å². The zero-order valence-corrected chi connectivity index (χ0v) is 8.44. The van der Waals surface area contributed by atoms with E-state index in [0.29, 0.717) is 13.2 Å². The maximum absolute atomic E-state index is 12.6. The van der Waals surface area contributed by atoms with E-state index in [0.717, 1.165) is 5.69 Å². The van der Waals surface area contributed by atoms with Gasteiger partial charge in [-0.25, -0.2) is 9.18 Å². The topological polar surface area (TPSA) is 29.3 Å². The summed E-state index contributed by atoms with van der Waals surface area (Å²) in [5.41, 5.74) is 0.856. The molecular weight excluding hydrogens is 197 g/mol. The molecule has 1 aromatic rings. The second-order valence-electron chi connectivity index (χ2n) is 3.40. The molecule has 1 unspecified atom stereocenters. The maximum Gasteiger partial charge on any atom is 0.330 e. The Labute approximate surface area is 87.5 Å². The minimum Gasteiger partial charge on any atom is -0.464 e. The quantitative estimate of drug-likeness (QED) is 0.559. The van der Waals surface area contributed by atoms with Crippen LogP contribution in [0.5, 0.6) is 0 Å². The number of rotatable bonds is 3. The summed E-state index contributed by atoms with van der Waals surface area (Å²) >= 11 is 0. The van der Waals surface area contributed by atoms with Crippen LogP contribution in [-0.4, -0.2) is 25.2 Å². The van der Waals surface area contributed by atoms with Crippen LogP contribution in [0.4, 0.5) is 10.1 Å². The summed E-state index contributed by atoms with van der Waals surface area (Å²) in [5, 5.41) is 0. The standard InChI is InChI=1S/C11H12FNO2/c1-2-15-11(14)10-7-13(10)9-5-3-8(12)4-6-9/h3-6,10H,2,7H2,1H3. The monoisotopic (exact) mass is 209 g/mol. The van der Waals surface area contributed by atoms with Crippen molar-refractivity contribution >= 4 is 11.7 Å². The van der Waals surface area contributed by atoms with Gasteiger partial charge in [0.25, 0.3) is 0 Å². The number of benzene rings is 1. The highest BCUT2D eigenvalue weighted by atomic mass is 19.1. The van der Waals surface area contributed by atoms with E-state index in [1.165, 1.54) is 12.1 Å². The lowest BCUT2D eigenvalue weighted by molar-refractivity contribution is -0.142. The molecule has 0 saturated carbocycles. The van der Waals surface area contributed by atoms with E-state index < -0.39 is 0 Å². The molecule has 1 saturated heterocycles. The van der Waals surface area contributed by atoms with Crippen LogP contribution in [0.2, 0.25) is 0 Å². The van der Waals surface area contributed by atoms with Gasteiger partial charge in [0.05, 0.1) is 13.2 Å². The molecule has 0 aliphatic carbocycles. The van der Waals surface area contributed by atoms with Crippen molar-refractivity contribution in [1.82, 2.24) is 0 Å². The second kappa shape index (κ2) is 3.88. The number of halogens is 1. The number of nitrogens with zero attached hydrogens (tertiary/aromatic N) is 1. The predicted octanol–water partition coefficient (Wildman–Crippen LogP) is 1.58. The van der Waals surface area contributed by atoms with Gasteiger partial charge in [-0.1, -0.05) is 0 Å². The van der Waals surface area contributed by atoms with Gasteiger partial charge < -0.3 is 9.64 Å². The summed E-state index contributed by atoms with van der Waals surface area (Å²) in [6, 6.07) is 5.91. The third-order valence-electron chi connectivity index (χ3n) is 2.33. The average molecular weight is 209 g/mol. The summed E-state index contributed by atoms with van der Waals surface area (Å²) in [7, 11) is 0. The zero-order chi connectivity index (χ0) is 10.8. The SMILES string of the molecule is CCOC(=O)C1CN1c1ccc(F)cc1. The summed E-state index contributed by atoms with van der Waals surface area (Å²) in [4.78, 5) is 13.2. The first-order valence-electron chi connectivity index (χ1n) is 4.91. The summed E-state index contributed by atoms with van der Waals surface area (Å²) < 4.78 is 17.5. The van der Waals surface area contributed by atoms with Crippen molar-refractivity contribution in [3.63, 3.8) is 0 Å². The smallest absolute Gasteiger partial charge is 0.330 e. The van der Waals surface area contributed by atoms with Crippen LogP contribution in [0.15, 0.2) is 24.3 Å². The Balaban J connectivity index is 1.98. The van der Waals surface area contributed by atoms with E-state index in [4.69, 9.17) is 4.74 Å². The van der Waals surface area contributed by atoms with Crippen LogP contribution < -0.4 is 4.90 Å². The number of esters is 1. The molecule has 0 amide bonds. The Hall–Kier alpha value is -1.58. The first-order valence-corrected chi connectivity index (χ1v) is 4.91. The predicted molar refractivity (Wildman–Crippen MR) is 54.2 cm³/mol. The summed E-state index contributed by atoms with van der Waals surface area (Å²) in [6.07, 6.45) is 0. The molecule has 0 radical (unpaired) electrons. The summed E-state index contributed by atoms with van der Waals surface area (Å²) in [5.74, 6) is -0.477. The first kappa shape index (κ1) is 9.96. The van der Waals surface area contributed by atoms with E-state index in [-0.39, 0.29) is 17.8 Å². The highest BCUT2D eigenvalue weighted by molar-refractivity contribution is 5.86. The van der Waals surface area contributed by atoms with Crippen LogP contribution in [0.25, 0.3) is 0 Å². The Morgan fingerprint density at radius 1 is 1.53 bits per heavy atom. The van der Waals surface area contributed by atoms with Crippen LogP contribution in [0, 0.1) is 5.82 Å². The first-order chi connectivity index (χ1) is 7.22. The van der Waals surface area contributed by atoms with Crippen molar-refractivity contribution in [1.29, 1.82) is 0 Å². The van der Waals surface area contributed by atoms with Gasteiger partial charge >= 0.3 is 5.97 Å². The van der Waals surface area contributed by atoms with Crippen LogP contribution in [0.3, 0.4) is 0 Å². The Kier molecular flexibility index (Phi) is 2.58. The van der Waals surface area contributed by atoms with E-state index in [2.05, 4.69) is 0 Å². The van der Waals surface area contributed by atoms with E-state index in [9.17, 15) is 9.18 Å². The molecule has 3 nitrogen and oxygen atoms in total. The van der Waals surface area contributed by atoms with E-state index >= 15 is 0 Å². The largest absolute Gasteiger partial charge is 0.464 e. The number of hydrogen-bond donors (Lipinski definition) is 0. The number of carbonyl (C=O) groups excluding carboxylic acids is 1. The molecular formula is C11H12FNO2. The molecule has 1 fully saturated rings. The normalized spacial score (nSPS) is 18.8. The molecule has 0 aromatic heterocycles. The highest BCUT2D eigenvalue weighted by Crippen LogP contribution is 2.28. The van der Waals surface area contributed by atoms with Gasteiger partial charge in [-0.2, -0.15) is 0 Å². The molecule has 1 aliphatic rings. The van der Waals surface area contributed by atoms with Gasteiger partial charge in [0.15, 0.2) is 0 Å². The van der Waals surface area contributed by atoms with Gasteiger partial charge in [-0.15, -0.1) is 0 Å². The molecule has 0 N–H and O–H groups in total. The van der Waals surface area contributed by atoms with Gasteiger partial charge in [0.2, 0.25) is 0 Å². The Morgan fingerprint density at radius 2 is 2.20 bits per heavy atom. The molecule has 1 aliphatic heterocycles. The number of carbonyl (C=O) groups is 1. The van der Waals surface area contributed by atoms with Crippen molar-refractivity contribution in [2.75, 3.05) is 18.1 Å². The van der Waals surface area contributed by atoms with Gasteiger partial charge in [0, 0.05) is 5.69 Å². The average Bonchev–Trinajstić information content (AvgIpc) is 2.99. The fourth-order valence-corrected chi connectivity index (χ4v) is 1.50. The lowest BCUT2D eigenvalue weighted by Gasteiger charge is -2.04. The highest BCUT2D eigenvalue weighted by Gasteiger charge is 2.41. The molecule has 15 heavy (non-hydrogen) atoms. The van der Waals surface area contributed by atoms with Gasteiger partial charge in [0.1, 0.15) is 11.9 Å². The lowest BCUT2D eigenvalue weighted by atomic mass is 10.3. The van der Waals surface area contributed by atoms with Crippen molar-refractivity contribution < 1.29 is 13.9 Å². The number of hydrogen-bond acceptors (Lipinski definition) is 3. The van der Waals surface area contributed by atoms with Crippen molar-refractivity contribution in [3.05, 3.63) is 30.1 Å². The zero-order valence-electron chi connectivity index (χ0n) is 8.44. The molecule has 0 spiro atoms. The number of anilines is 1. The third kappa shape index (κ3) is 2.09. The third-order valence-corrected chi connectivity index (χ3v) is 2.33. The van der Waals surface area contributed by atoms with E-state index in [1.54, 1.807) is 19.1 Å². The minimum absolute atomic E-state index is 0.185. The van der Waals surface area contributed by atoms with Crippen LogP contribution >= 0.6 is 0 Å². The lowest BCUT2D eigenvalue weighted by Crippen LogP contribution is -2.15. The molecule has 0 bridgehead atoms. The van der Waals surface area contributed by atoms with Gasteiger partial charge in [-0.05, 0) is 31.2 Å². The van der Waals surface area contributed by atoms with E-state index in [1.807, 2.05) is 4.90 Å². The Bertz CT molecular complexity index is 363.